The molecule has 2 N–H and O–H groups in total. The third kappa shape index (κ3) is 3.81. The predicted molar refractivity (Wildman–Crippen MR) is 54.8 cm³/mol. The lowest BCUT2D eigenvalue weighted by Crippen LogP contribution is -2.63. The van der Waals surface area contributed by atoms with Crippen LogP contribution in [0.1, 0.15) is 6.92 Å². The SMILES string of the molecule is C[C@@H]1OC=C[C@H](NC(=O)C(F)(F)F)[C@@]1(O)OC(=O)C(F)(F)F. The van der Waals surface area contributed by atoms with Gasteiger partial charge in [-0.05, 0) is 13.0 Å². The van der Waals surface area contributed by atoms with Gasteiger partial charge in [-0.15, -0.1) is 0 Å². The molecule has 0 unspecified atom stereocenters. The van der Waals surface area contributed by atoms with Crippen LogP contribution in [0.3, 0.4) is 0 Å². The smallest absolute Gasteiger partial charge is 0.491 e. The number of nitrogens with one attached hydrogen (secondary N) is 1. The van der Waals surface area contributed by atoms with Crippen molar-refractivity contribution in [1.29, 1.82) is 0 Å². The summed E-state index contributed by atoms with van der Waals surface area (Å²) >= 11 is 0. The summed E-state index contributed by atoms with van der Waals surface area (Å²) in [5.74, 6) is -8.58. The minimum atomic E-state index is -5.50. The van der Waals surface area contributed by atoms with Crippen molar-refractivity contribution in [1.82, 2.24) is 5.32 Å². The summed E-state index contributed by atoms with van der Waals surface area (Å²) in [7, 11) is 0. The van der Waals surface area contributed by atoms with Crippen LogP contribution in [0.25, 0.3) is 0 Å². The van der Waals surface area contributed by atoms with Crippen molar-refractivity contribution < 1.29 is 50.5 Å². The van der Waals surface area contributed by atoms with E-state index in [0.717, 1.165) is 13.2 Å². The monoisotopic (exact) mass is 337 g/mol. The highest BCUT2D eigenvalue weighted by atomic mass is 19.4. The van der Waals surface area contributed by atoms with Gasteiger partial charge in [0.1, 0.15) is 6.04 Å². The molecule has 0 aromatic heterocycles. The Labute approximate surface area is 118 Å². The van der Waals surface area contributed by atoms with Crippen LogP contribution in [0.5, 0.6) is 0 Å². The van der Waals surface area contributed by atoms with Crippen LogP contribution < -0.4 is 5.32 Å². The normalized spacial score (nSPS) is 28.7. The zero-order valence-electron chi connectivity index (χ0n) is 10.7. The molecule has 0 aliphatic carbocycles. The van der Waals surface area contributed by atoms with Crippen molar-refractivity contribution in [2.75, 3.05) is 0 Å². The summed E-state index contributed by atoms with van der Waals surface area (Å²) in [4.78, 5) is 21.6. The fraction of sp³-hybridized carbons (Fsp3) is 0.600. The van der Waals surface area contributed by atoms with Gasteiger partial charge >= 0.3 is 24.2 Å². The molecule has 1 heterocycles. The highest BCUT2D eigenvalue weighted by Gasteiger charge is 2.55. The summed E-state index contributed by atoms with van der Waals surface area (Å²) in [6, 6.07) is -2.10. The Balaban J connectivity index is 3.03. The van der Waals surface area contributed by atoms with Crippen LogP contribution in [-0.4, -0.2) is 47.3 Å². The summed E-state index contributed by atoms with van der Waals surface area (Å²) in [5.41, 5.74) is 0. The van der Waals surface area contributed by atoms with Crippen LogP contribution in [0, 0.1) is 0 Å². The molecule has 0 bridgehead atoms. The zero-order valence-corrected chi connectivity index (χ0v) is 10.7. The Morgan fingerprint density at radius 3 is 2.23 bits per heavy atom. The Morgan fingerprint density at radius 2 is 1.77 bits per heavy atom. The lowest BCUT2D eigenvalue weighted by molar-refractivity contribution is -0.281. The fourth-order valence-electron chi connectivity index (χ4n) is 1.46. The van der Waals surface area contributed by atoms with Crippen molar-refractivity contribution in [3.05, 3.63) is 12.3 Å². The number of ether oxygens (including phenoxy) is 2. The number of alkyl halides is 6. The molecule has 6 nitrogen and oxygen atoms in total. The molecule has 0 aromatic rings. The minimum absolute atomic E-state index is 0.604. The van der Waals surface area contributed by atoms with Gasteiger partial charge in [-0.2, -0.15) is 26.3 Å². The second kappa shape index (κ2) is 5.66. The molecule has 0 spiro atoms. The van der Waals surface area contributed by atoms with E-state index in [1.165, 1.54) is 5.32 Å². The Hall–Kier alpha value is -1.98. The van der Waals surface area contributed by atoms with E-state index in [9.17, 15) is 41.0 Å². The van der Waals surface area contributed by atoms with Crippen molar-refractivity contribution in [2.45, 2.75) is 37.2 Å². The lowest BCUT2D eigenvalue weighted by Gasteiger charge is -2.40. The van der Waals surface area contributed by atoms with Gasteiger partial charge in [0.25, 0.3) is 5.79 Å². The first-order chi connectivity index (χ1) is 9.78. The van der Waals surface area contributed by atoms with E-state index in [4.69, 9.17) is 0 Å². The fourth-order valence-corrected chi connectivity index (χ4v) is 1.46. The molecule has 0 saturated heterocycles. The Morgan fingerprint density at radius 1 is 1.23 bits per heavy atom. The molecule has 1 aliphatic heterocycles. The van der Waals surface area contributed by atoms with Gasteiger partial charge < -0.3 is 19.9 Å². The van der Waals surface area contributed by atoms with E-state index < -0.39 is 42.2 Å². The Bertz CT molecular complexity index is 487. The maximum atomic E-state index is 12.2. The van der Waals surface area contributed by atoms with E-state index >= 15 is 0 Å². The van der Waals surface area contributed by atoms with Gasteiger partial charge in [-0.3, -0.25) is 4.79 Å². The van der Waals surface area contributed by atoms with Gasteiger partial charge in [0.05, 0.1) is 6.26 Å². The molecule has 126 valence electrons. The maximum Gasteiger partial charge on any atom is 0.491 e. The number of carbonyl (C=O) groups is 2. The number of hydrogen-bond acceptors (Lipinski definition) is 5. The highest BCUT2D eigenvalue weighted by Crippen LogP contribution is 2.30. The summed E-state index contributed by atoms with van der Waals surface area (Å²) < 4.78 is 81.4. The first kappa shape index (κ1) is 18.1. The van der Waals surface area contributed by atoms with Crippen LogP contribution in [0.4, 0.5) is 26.3 Å². The van der Waals surface area contributed by atoms with Crippen molar-refractivity contribution in [3.8, 4) is 0 Å². The molecule has 1 aliphatic rings. The number of carbonyl (C=O) groups excluding carboxylic acids is 2. The maximum absolute atomic E-state index is 12.2. The molecule has 1 rings (SSSR count). The first-order valence-corrected chi connectivity index (χ1v) is 5.51. The molecule has 0 fully saturated rings. The van der Waals surface area contributed by atoms with Gasteiger partial charge in [-0.1, -0.05) is 0 Å². The molecule has 22 heavy (non-hydrogen) atoms. The third-order valence-electron chi connectivity index (χ3n) is 2.61. The van der Waals surface area contributed by atoms with Gasteiger partial charge in [0.2, 0.25) is 0 Å². The van der Waals surface area contributed by atoms with Crippen molar-refractivity contribution >= 4 is 11.9 Å². The van der Waals surface area contributed by atoms with Crippen LogP contribution in [0.15, 0.2) is 12.3 Å². The average Bonchev–Trinajstić information content (AvgIpc) is 2.33. The molecule has 12 heteroatoms. The predicted octanol–water partition coefficient (Wildman–Crippen LogP) is 0.760. The number of amides is 1. The lowest BCUT2D eigenvalue weighted by atomic mass is 9.99. The quantitative estimate of drug-likeness (QED) is 0.442. The number of aliphatic hydroxyl groups is 1. The standard InChI is InChI=1S/C10H9F6NO5/c1-4-8(20,22-7(19)10(14,15)16)5(2-3-21-4)17-6(18)9(11,12)13/h2-5,20H,1H3,(H,17,18)/t4-,5-,8-/m0/s1. The van der Waals surface area contributed by atoms with E-state index in [1.54, 1.807) is 0 Å². The molecule has 3 atom stereocenters. The van der Waals surface area contributed by atoms with E-state index in [1.807, 2.05) is 0 Å². The van der Waals surface area contributed by atoms with E-state index in [0.29, 0.717) is 6.08 Å². The number of esters is 1. The Kier molecular flexibility index (Phi) is 4.65. The third-order valence-corrected chi connectivity index (χ3v) is 2.61. The molecular formula is C10H9F6NO5. The second-order valence-electron chi connectivity index (χ2n) is 4.19. The molecule has 0 aromatic carbocycles. The summed E-state index contributed by atoms with van der Waals surface area (Å²) in [6.07, 6.45) is -11.2. The first-order valence-electron chi connectivity index (χ1n) is 5.51. The summed E-state index contributed by atoms with van der Waals surface area (Å²) in [5, 5.41) is 11.2. The van der Waals surface area contributed by atoms with Gasteiger partial charge in [0, 0.05) is 0 Å². The van der Waals surface area contributed by atoms with Crippen molar-refractivity contribution in [2.24, 2.45) is 0 Å². The molecule has 0 saturated carbocycles. The number of rotatable bonds is 2. The molecular weight excluding hydrogens is 328 g/mol. The summed E-state index contributed by atoms with van der Waals surface area (Å²) in [6.45, 7) is 0.930. The van der Waals surface area contributed by atoms with Gasteiger partial charge in [-0.25, -0.2) is 4.79 Å². The minimum Gasteiger partial charge on any atom is -0.492 e. The molecule has 0 radical (unpaired) electrons. The zero-order chi connectivity index (χ0) is 17.3. The average molecular weight is 337 g/mol. The van der Waals surface area contributed by atoms with E-state index in [-0.39, 0.29) is 0 Å². The van der Waals surface area contributed by atoms with Crippen LogP contribution >= 0.6 is 0 Å². The van der Waals surface area contributed by atoms with Crippen LogP contribution in [0.2, 0.25) is 0 Å². The van der Waals surface area contributed by atoms with Crippen molar-refractivity contribution in [3.63, 3.8) is 0 Å². The molecule has 1 amide bonds. The van der Waals surface area contributed by atoms with Crippen LogP contribution in [-0.2, 0) is 19.1 Å². The topological polar surface area (TPSA) is 84.9 Å². The largest absolute Gasteiger partial charge is 0.492 e. The van der Waals surface area contributed by atoms with Gasteiger partial charge in [0.15, 0.2) is 6.10 Å². The van der Waals surface area contributed by atoms with E-state index in [2.05, 4.69) is 9.47 Å². The number of hydrogen-bond donors (Lipinski definition) is 2. The second-order valence-corrected chi connectivity index (χ2v) is 4.19. The number of halogens is 6. The highest BCUT2D eigenvalue weighted by molar-refractivity contribution is 5.82.